The van der Waals surface area contributed by atoms with Gasteiger partial charge in [0.05, 0.1) is 0 Å². The van der Waals surface area contributed by atoms with Crippen molar-refractivity contribution in [3.63, 3.8) is 0 Å². The van der Waals surface area contributed by atoms with Gasteiger partial charge in [0.15, 0.2) is 5.69 Å². The zero-order valence-corrected chi connectivity index (χ0v) is 12.1. The standard InChI is InChI=1S/C15H24N2O2/c1-4-5-6-11-7-12(8-15(2,3)10-16)13(14(18)19)17-9-11/h7,9H,4-6,8,10,16H2,1-3H3,(H,18,19). The Balaban J connectivity index is 3.05. The Morgan fingerprint density at radius 3 is 2.68 bits per heavy atom. The van der Waals surface area contributed by atoms with E-state index in [1.165, 1.54) is 0 Å². The molecule has 106 valence electrons. The maximum atomic E-state index is 11.2. The van der Waals surface area contributed by atoms with Crippen LogP contribution in [0.1, 0.15) is 55.2 Å². The van der Waals surface area contributed by atoms with Crippen molar-refractivity contribution in [2.75, 3.05) is 6.54 Å². The van der Waals surface area contributed by atoms with E-state index in [9.17, 15) is 9.90 Å². The van der Waals surface area contributed by atoms with Gasteiger partial charge in [0.1, 0.15) is 0 Å². The van der Waals surface area contributed by atoms with E-state index in [0.717, 1.165) is 30.4 Å². The molecular weight excluding hydrogens is 240 g/mol. The molecule has 1 heterocycles. The first-order chi connectivity index (χ1) is 8.89. The maximum Gasteiger partial charge on any atom is 0.354 e. The fourth-order valence-electron chi connectivity index (χ4n) is 1.99. The number of hydrogen-bond donors (Lipinski definition) is 2. The number of carboxylic acid groups (broad SMARTS) is 1. The minimum atomic E-state index is -0.968. The van der Waals surface area contributed by atoms with E-state index in [1.807, 2.05) is 19.9 Å². The first-order valence-corrected chi connectivity index (χ1v) is 6.81. The van der Waals surface area contributed by atoms with Gasteiger partial charge in [0.25, 0.3) is 0 Å². The predicted molar refractivity (Wildman–Crippen MR) is 76.3 cm³/mol. The molecule has 0 amide bonds. The Morgan fingerprint density at radius 1 is 1.47 bits per heavy atom. The quantitative estimate of drug-likeness (QED) is 0.793. The number of hydrogen-bond acceptors (Lipinski definition) is 3. The molecule has 0 saturated carbocycles. The highest BCUT2D eigenvalue weighted by Gasteiger charge is 2.21. The molecule has 0 unspecified atom stereocenters. The number of nitrogens with two attached hydrogens (primary N) is 1. The van der Waals surface area contributed by atoms with Crippen molar-refractivity contribution >= 4 is 5.97 Å². The monoisotopic (exact) mass is 264 g/mol. The summed E-state index contributed by atoms with van der Waals surface area (Å²) in [6.45, 7) is 6.73. The summed E-state index contributed by atoms with van der Waals surface area (Å²) >= 11 is 0. The second-order valence-electron chi connectivity index (χ2n) is 5.81. The van der Waals surface area contributed by atoms with Crippen molar-refractivity contribution in [3.05, 3.63) is 29.1 Å². The van der Waals surface area contributed by atoms with Crippen molar-refractivity contribution in [1.82, 2.24) is 4.98 Å². The Labute approximate surface area is 115 Å². The molecule has 4 nitrogen and oxygen atoms in total. The van der Waals surface area contributed by atoms with E-state index in [0.29, 0.717) is 13.0 Å². The van der Waals surface area contributed by atoms with Crippen LogP contribution in [0.15, 0.2) is 12.3 Å². The van der Waals surface area contributed by atoms with E-state index in [-0.39, 0.29) is 11.1 Å². The first kappa shape index (κ1) is 15.6. The summed E-state index contributed by atoms with van der Waals surface area (Å²) in [5, 5.41) is 9.21. The van der Waals surface area contributed by atoms with Gasteiger partial charge < -0.3 is 10.8 Å². The van der Waals surface area contributed by atoms with Crippen molar-refractivity contribution in [2.24, 2.45) is 11.1 Å². The van der Waals surface area contributed by atoms with Crippen LogP contribution in [0, 0.1) is 5.41 Å². The molecule has 1 aromatic heterocycles. The molecule has 1 aromatic rings. The zero-order valence-electron chi connectivity index (χ0n) is 12.1. The summed E-state index contributed by atoms with van der Waals surface area (Å²) in [6.07, 6.45) is 5.47. The van der Waals surface area contributed by atoms with Crippen LogP contribution in [0.5, 0.6) is 0 Å². The fourth-order valence-corrected chi connectivity index (χ4v) is 1.99. The fraction of sp³-hybridized carbons (Fsp3) is 0.600. The molecule has 1 rings (SSSR count). The molecule has 0 radical (unpaired) electrons. The summed E-state index contributed by atoms with van der Waals surface area (Å²) in [5.41, 5.74) is 7.66. The molecule has 0 bridgehead atoms. The van der Waals surface area contributed by atoms with Crippen LogP contribution in [-0.4, -0.2) is 22.6 Å². The van der Waals surface area contributed by atoms with Gasteiger partial charge in [-0.15, -0.1) is 0 Å². The third kappa shape index (κ3) is 4.63. The van der Waals surface area contributed by atoms with Crippen LogP contribution in [0.2, 0.25) is 0 Å². The number of nitrogens with zero attached hydrogens (tertiary/aromatic N) is 1. The van der Waals surface area contributed by atoms with Crippen LogP contribution in [-0.2, 0) is 12.8 Å². The number of aromatic nitrogens is 1. The summed E-state index contributed by atoms with van der Waals surface area (Å²) in [7, 11) is 0. The van der Waals surface area contributed by atoms with Crippen molar-refractivity contribution in [1.29, 1.82) is 0 Å². The summed E-state index contributed by atoms with van der Waals surface area (Å²) in [5.74, 6) is -0.968. The Morgan fingerprint density at radius 2 is 2.16 bits per heavy atom. The minimum Gasteiger partial charge on any atom is -0.477 e. The topological polar surface area (TPSA) is 76.2 Å². The number of carbonyl (C=O) groups is 1. The molecule has 0 spiro atoms. The maximum absolute atomic E-state index is 11.2. The highest BCUT2D eigenvalue weighted by molar-refractivity contribution is 5.87. The van der Waals surface area contributed by atoms with Gasteiger partial charge in [-0.05, 0) is 42.3 Å². The van der Waals surface area contributed by atoms with Gasteiger partial charge in [0, 0.05) is 6.20 Å². The number of pyridine rings is 1. The SMILES string of the molecule is CCCCc1cnc(C(=O)O)c(CC(C)(C)CN)c1. The number of unbranched alkanes of at least 4 members (excludes halogenated alkanes) is 1. The number of aryl methyl sites for hydroxylation is 1. The normalized spacial score (nSPS) is 11.6. The molecule has 3 N–H and O–H groups in total. The molecule has 0 fully saturated rings. The van der Waals surface area contributed by atoms with Crippen molar-refractivity contribution < 1.29 is 9.90 Å². The molecule has 0 aliphatic heterocycles. The lowest BCUT2D eigenvalue weighted by Gasteiger charge is -2.23. The second-order valence-corrected chi connectivity index (χ2v) is 5.81. The predicted octanol–water partition coefficient (Wildman–Crippen LogP) is 2.65. The van der Waals surface area contributed by atoms with Gasteiger partial charge in [-0.2, -0.15) is 0 Å². The third-order valence-corrected chi connectivity index (χ3v) is 3.27. The highest BCUT2D eigenvalue weighted by Crippen LogP contribution is 2.23. The number of rotatable bonds is 7. The Kier molecular flexibility index (Phi) is 5.48. The van der Waals surface area contributed by atoms with Crippen molar-refractivity contribution in [3.8, 4) is 0 Å². The lowest BCUT2D eigenvalue weighted by Crippen LogP contribution is -2.27. The van der Waals surface area contributed by atoms with Crippen LogP contribution in [0.25, 0.3) is 0 Å². The van der Waals surface area contributed by atoms with E-state index in [1.54, 1.807) is 6.20 Å². The summed E-state index contributed by atoms with van der Waals surface area (Å²) < 4.78 is 0. The van der Waals surface area contributed by atoms with E-state index in [2.05, 4.69) is 11.9 Å². The molecule has 0 saturated heterocycles. The lowest BCUT2D eigenvalue weighted by atomic mass is 9.85. The van der Waals surface area contributed by atoms with Gasteiger partial charge in [0.2, 0.25) is 0 Å². The second kappa shape index (κ2) is 6.66. The summed E-state index contributed by atoms with van der Waals surface area (Å²) in [6, 6.07) is 1.98. The van der Waals surface area contributed by atoms with Gasteiger partial charge in [-0.3, -0.25) is 0 Å². The minimum absolute atomic E-state index is 0.116. The van der Waals surface area contributed by atoms with Gasteiger partial charge >= 0.3 is 5.97 Å². The average Bonchev–Trinajstić information content (AvgIpc) is 2.35. The zero-order chi connectivity index (χ0) is 14.5. The van der Waals surface area contributed by atoms with E-state index in [4.69, 9.17) is 5.73 Å². The molecular formula is C15H24N2O2. The lowest BCUT2D eigenvalue weighted by molar-refractivity contribution is 0.0688. The number of aromatic carboxylic acids is 1. The molecule has 0 aromatic carbocycles. The van der Waals surface area contributed by atoms with Crippen LogP contribution in [0.4, 0.5) is 0 Å². The van der Waals surface area contributed by atoms with Crippen molar-refractivity contribution in [2.45, 2.75) is 46.5 Å². The molecule has 19 heavy (non-hydrogen) atoms. The molecule has 0 aliphatic carbocycles. The van der Waals surface area contributed by atoms with E-state index >= 15 is 0 Å². The Bertz CT molecular complexity index is 442. The van der Waals surface area contributed by atoms with Crippen LogP contribution >= 0.6 is 0 Å². The van der Waals surface area contributed by atoms with Crippen LogP contribution < -0.4 is 5.73 Å². The highest BCUT2D eigenvalue weighted by atomic mass is 16.4. The Hall–Kier alpha value is -1.42. The molecule has 0 aliphatic rings. The largest absolute Gasteiger partial charge is 0.477 e. The molecule has 0 atom stereocenters. The first-order valence-electron chi connectivity index (χ1n) is 6.81. The van der Waals surface area contributed by atoms with E-state index < -0.39 is 5.97 Å². The van der Waals surface area contributed by atoms with Crippen LogP contribution in [0.3, 0.4) is 0 Å². The third-order valence-electron chi connectivity index (χ3n) is 3.27. The number of carboxylic acids is 1. The molecule has 4 heteroatoms. The average molecular weight is 264 g/mol. The van der Waals surface area contributed by atoms with Gasteiger partial charge in [-0.25, -0.2) is 9.78 Å². The smallest absolute Gasteiger partial charge is 0.354 e. The summed E-state index contributed by atoms with van der Waals surface area (Å²) in [4.78, 5) is 15.3. The van der Waals surface area contributed by atoms with Gasteiger partial charge in [-0.1, -0.05) is 33.3 Å².